The maximum atomic E-state index is 11.8. The molecule has 0 bridgehead atoms. The van der Waals surface area contributed by atoms with Crippen molar-refractivity contribution in [3.63, 3.8) is 0 Å². The van der Waals surface area contributed by atoms with Crippen molar-refractivity contribution >= 4 is 29.1 Å². The van der Waals surface area contributed by atoms with Gasteiger partial charge in [0.15, 0.2) is 0 Å². The molecule has 1 heterocycles. The summed E-state index contributed by atoms with van der Waals surface area (Å²) in [6.07, 6.45) is 4.17. The van der Waals surface area contributed by atoms with E-state index in [2.05, 4.69) is 17.1 Å². The van der Waals surface area contributed by atoms with Crippen molar-refractivity contribution in [2.45, 2.75) is 44.7 Å². The predicted octanol–water partition coefficient (Wildman–Crippen LogP) is 4.05. The summed E-state index contributed by atoms with van der Waals surface area (Å²) in [7, 11) is 0. The first kappa shape index (κ1) is 16.1. The zero-order chi connectivity index (χ0) is 15.7. The Labute approximate surface area is 142 Å². The molecule has 1 aliphatic heterocycles. The number of halogens is 2. The zero-order valence-corrected chi connectivity index (χ0v) is 14.3. The Balaban J connectivity index is 1.53. The smallest absolute Gasteiger partial charge is 0.223 e. The number of hydrogen-bond donors (Lipinski definition) is 1. The largest absolute Gasteiger partial charge is 0.353 e. The molecule has 1 aromatic rings. The van der Waals surface area contributed by atoms with Crippen molar-refractivity contribution in [1.82, 2.24) is 10.2 Å². The number of likely N-dealkylation sites (tertiary alicyclic amines) is 1. The van der Waals surface area contributed by atoms with Crippen LogP contribution in [0.3, 0.4) is 0 Å². The van der Waals surface area contributed by atoms with E-state index >= 15 is 0 Å². The van der Waals surface area contributed by atoms with E-state index in [4.69, 9.17) is 23.2 Å². The molecule has 1 atom stereocenters. The highest BCUT2D eigenvalue weighted by atomic mass is 35.5. The fourth-order valence-corrected chi connectivity index (χ4v) is 3.39. The summed E-state index contributed by atoms with van der Waals surface area (Å²) >= 11 is 12.1. The number of amides is 1. The molecule has 1 amide bonds. The van der Waals surface area contributed by atoms with Crippen LogP contribution in [-0.2, 0) is 4.79 Å². The van der Waals surface area contributed by atoms with Crippen LogP contribution in [0.4, 0.5) is 0 Å². The number of nitrogens with one attached hydrogen (secondary N) is 1. The molecular weight excluding hydrogens is 319 g/mol. The number of piperidine rings is 1. The van der Waals surface area contributed by atoms with Crippen LogP contribution < -0.4 is 5.32 Å². The normalized spacial score (nSPS) is 21.6. The van der Waals surface area contributed by atoms with Crippen molar-refractivity contribution in [2.24, 2.45) is 5.92 Å². The second-order valence-electron chi connectivity index (χ2n) is 6.44. The lowest BCUT2D eigenvalue weighted by Crippen LogP contribution is -2.45. The van der Waals surface area contributed by atoms with Gasteiger partial charge in [0.25, 0.3) is 0 Å². The van der Waals surface area contributed by atoms with Crippen LogP contribution >= 0.6 is 23.2 Å². The molecule has 1 unspecified atom stereocenters. The predicted molar refractivity (Wildman–Crippen MR) is 90.3 cm³/mol. The van der Waals surface area contributed by atoms with Gasteiger partial charge in [-0.1, -0.05) is 29.3 Å². The van der Waals surface area contributed by atoms with Crippen molar-refractivity contribution in [2.75, 3.05) is 13.1 Å². The van der Waals surface area contributed by atoms with Crippen LogP contribution in [0.25, 0.3) is 0 Å². The van der Waals surface area contributed by atoms with Gasteiger partial charge in [0.05, 0.1) is 10.0 Å². The Morgan fingerprint density at radius 2 is 1.86 bits per heavy atom. The molecular formula is C17H22Cl2N2O. The number of carbonyl (C=O) groups is 1. The van der Waals surface area contributed by atoms with Gasteiger partial charge in [-0.2, -0.15) is 0 Å². The lowest BCUT2D eigenvalue weighted by molar-refractivity contribution is -0.123. The lowest BCUT2D eigenvalue weighted by atomic mass is 10.00. The van der Waals surface area contributed by atoms with Gasteiger partial charge < -0.3 is 5.32 Å². The van der Waals surface area contributed by atoms with Crippen molar-refractivity contribution < 1.29 is 4.79 Å². The Bertz CT molecular complexity index is 552. The van der Waals surface area contributed by atoms with Gasteiger partial charge in [-0.25, -0.2) is 0 Å². The summed E-state index contributed by atoms with van der Waals surface area (Å²) in [5, 5.41) is 4.40. The molecule has 120 valence electrons. The van der Waals surface area contributed by atoms with E-state index in [1.54, 1.807) is 0 Å². The summed E-state index contributed by atoms with van der Waals surface area (Å²) in [5.41, 5.74) is 1.19. The van der Waals surface area contributed by atoms with Crippen LogP contribution in [0, 0.1) is 5.92 Å². The second kappa shape index (κ2) is 6.77. The van der Waals surface area contributed by atoms with E-state index in [1.165, 1.54) is 5.56 Å². The van der Waals surface area contributed by atoms with Crippen molar-refractivity contribution in [1.29, 1.82) is 0 Å². The van der Waals surface area contributed by atoms with E-state index in [-0.39, 0.29) is 5.91 Å². The number of rotatable bonds is 4. The summed E-state index contributed by atoms with van der Waals surface area (Å²) in [5.74, 6) is 0.559. The van der Waals surface area contributed by atoms with Gasteiger partial charge in [-0.05, 0) is 50.3 Å². The summed E-state index contributed by atoms with van der Waals surface area (Å²) in [4.78, 5) is 14.3. The van der Waals surface area contributed by atoms with Gasteiger partial charge in [0, 0.05) is 31.1 Å². The molecule has 3 nitrogen and oxygen atoms in total. The topological polar surface area (TPSA) is 32.3 Å². The number of hydrogen-bond acceptors (Lipinski definition) is 2. The molecule has 0 radical (unpaired) electrons. The summed E-state index contributed by atoms with van der Waals surface area (Å²) in [6, 6.07) is 6.51. The third kappa shape index (κ3) is 3.76. The Kier molecular flexibility index (Phi) is 4.96. The molecule has 5 heteroatoms. The standard InChI is InChI=1S/C17H22Cl2N2O/c1-11(13-4-5-15(18)16(19)10-13)21-8-6-14(7-9-21)20-17(22)12-2-3-12/h4-5,10-12,14H,2-3,6-9H2,1H3,(H,20,22). The highest BCUT2D eigenvalue weighted by Crippen LogP contribution is 2.31. The van der Waals surface area contributed by atoms with E-state index in [1.807, 2.05) is 18.2 Å². The average Bonchev–Trinajstić information content (AvgIpc) is 3.35. The maximum absolute atomic E-state index is 11.8. The molecule has 3 rings (SSSR count). The van der Waals surface area contributed by atoms with Crippen molar-refractivity contribution in [3.05, 3.63) is 33.8 Å². The first-order chi connectivity index (χ1) is 10.5. The Morgan fingerprint density at radius 3 is 2.45 bits per heavy atom. The van der Waals surface area contributed by atoms with Gasteiger partial charge in [-0.15, -0.1) is 0 Å². The van der Waals surface area contributed by atoms with E-state index in [0.29, 0.717) is 28.0 Å². The minimum absolute atomic E-state index is 0.260. The summed E-state index contributed by atoms with van der Waals surface area (Å²) in [6.45, 7) is 4.19. The van der Waals surface area contributed by atoms with Gasteiger partial charge >= 0.3 is 0 Å². The maximum Gasteiger partial charge on any atom is 0.223 e. The molecule has 2 aliphatic rings. The number of nitrogens with zero attached hydrogens (tertiary/aromatic N) is 1. The average molecular weight is 341 g/mol. The Hall–Kier alpha value is -0.770. The van der Waals surface area contributed by atoms with E-state index in [9.17, 15) is 4.79 Å². The molecule has 22 heavy (non-hydrogen) atoms. The summed E-state index contributed by atoms with van der Waals surface area (Å²) < 4.78 is 0. The minimum atomic E-state index is 0.260. The molecule has 0 aromatic heterocycles. The third-order valence-corrected chi connectivity index (χ3v) is 5.54. The van der Waals surface area contributed by atoms with Crippen LogP contribution in [0.5, 0.6) is 0 Å². The molecule has 1 aromatic carbocycles. The first-order valence-corrected chi connectivity index (χ1v) is 8.79. The van der Waals surface area contributed by atoms with Gasteiger partial charge in [0.2, 0.25) is 5.91 Å². The Morgan fingerprint density at radius 1 is 1.18 bits per heavy atom. The highest BCUT2D eigenvalue weighted by molar-refractivity contribution is 6.42. The quantitative estimate of drug-likeness (QED) is 0.896. The molecule has 0 spiro atoms. The lowest BCUT2D eigenvalue weighted by Gasteiger charge is -2.36. The fourth-order valence-electron chi connectivity index (χ4n) is 3.08. The highest BCUT2D eigenvalue weighted by Gasteiger charge is 2.32. The molecule has 1 saturated heterocycles. The van der Waals surface area contributed by atoms with Crippen LogP contribution in [-0.4, -0.2) is 29.9 Å². The van der Waals surface area contributed by atoms with Crippen LogP contribution in [0.1, 0.15) is 44.2 Å². The first-order valence-electron chi connectivity index (χ1n) is 8.04. The van der Waals surface area contributed by atoms with E-state index in [0.717, 1.165) is 38.8 Å². The monoisotopic (exact) mass is 340 g/mol. The molecule has 1 aliphatic carbocycles. The van der Waals surface area contributed by atoms with Crippen LogP contribution in [0.15, 0.2) is 18.2 Å². The zero-order valence-electron chi connectivity index (χ0n) is 12.8. The SMILES string of the molecule is CC(c1ccc(Cl)c(Cl)c1)N1CCC(NC(=O)C2CC2)CC1. The van der Waals surface area contributed by atoms with Gasteiger partial charge in [-0.3, -0.25) is 9.69 Å². The molecule has 2 fully saturated rings. The molecule has 1 saturated carbocycles. The number of benzene rings is 1. The van der Waals surface area contributed by atoms with E-state index < -0.39 is 0 Å². The van der Waals surface area contributed by atoms with Crippen LogP contribution in [0.2, 0.25) is 10.0 Å². The minimum Gasteiger partial charge on any atom is -0.353 e. The third-order valence-electron chi connectivity index (χ3n) is 4.80. The van der Waals surface area contributed by atoms with Crippen molar-refractivity contribution in [3.8, 4) is 0 Å². The second-order valence-corrected chi connectivity index (χ2v) is 7.26. The number of carbonyl (C=O) groups excluding carboxylic acids is 1. The fraction of sp³-hybridized carbons (Fsp3) is 0.588. The molecule has 1 N–H and O–H groups in total. The van der Waals surface area contributed by atoms with Gasteiger partial charge in [0.1, 0.15) is 0 Å².